The Hall–Kier alpha value is -5.10. The fourth-order valence-corrected chi connectivity index (χ4v) is 5.12. The normalized spacial score (nSPS) is 13.2. The molecule has 2 aromatic heterocycles. The van der Waals surface area contributed by atoms with E-state index in [1.54, 1.807) is 31.5 Å². The Morgan fingerprint density at radius 2 is 1.78 bits per heavy atom. The van der Waals surface area contributed by atoms with Gasteiger partial charge >= 0.3 is 0 Å². The van der Waals surface area contributed by atoms with E-state index >= 15 is 4.39 Å². The lowest BCUT2D eigenvalue weighted by Gasteiger charge is -2.16. The number of carbonyl (C=O) groups excluding carboxylic acids is 1. The zero-order valence-corrected chi connectivity index (χ0v) is 24.6. The molecule has 6 rings (SSSR count). The highest BCUT2D eigenvalue weighted by molar-refractivity contribution is 5.92. The van der Waals surface area contributed by atoms with Crippen molar-refractivity contribution in [1.82, 2.24) is 20.1 Å². The molecule has 1 N–H and O–H groups in total. The van der Waals surface area contributed by atoms with Crippen molar-refractivity contribution in [2.75, 3.05) is 38.7 Å². The number of nitrogens with zero attached hydrogens (tertiary/aromatic N) is 4. The van der Waals surface area contributed by atoms with E-state index in [9.17, 15) is 9.18 Å². The molecule has 0 aliphatic carbocycles. The topological polar surface area (TPSA) is 112 Å². The van der Waals surface area contributed by atoms with Gasteiger partial charge in [0.25, 0.3) is 0 Å². The fourth-order valence-electron chi connectivity index (χ4n) is 5.12. The number of rotatable bonds is 12. The van der Waals surface area contributed by atoms with E-state index in [0.717, 1.165) is 32.1 Å². The Balaban J connectivity index is 1.09. The summed E-state index contributed by atoms with van der Waals surface area (Å²) in [6, 6.07) is 14.8. The summed E-state index contributed by atoms with van der Waals surface area (Å²) in [5, 5.41) is 11.0. The highest BCUT2D eigenvalue weighted by Crippen LogP contribution is 2.38. The van der Waals surface area contributed by atoms with Gasteiger partial charge in [-0.25, -0.2) is 8.78 Å². The molecule has 0 radical (unpaired) electrons. The molecule has 0 unspecified atom stereocenters. The van der Waals surface area contributed by atoms with Gasteiger partial charge in [0.1, 0.15) is 18.0 Å². The third-order valence-corrected chi connectivity index (χ3v) is 7.37. The number of hydrogen-bond acceptors (Lipinski definition) is 9. The predicted molar refractivity (Wildman–Crippen MR) is 163 cm³/mol. The molecule has 3 heterocycles. The number of carbonyl (C=O) groups is 1. The van der Waals surface area contributed by atoms with Gasteiger partial charge in [0, 0.05) is 41.5 Å². The molecule has 5 aromatic rings. The van der Waals surface area contributed by atoms with Crippen LogP contribution in [0.5, 0.6) is 23.0 Å². The van der Waals surface area contributed by atoms with Crippen molar-refractivity contribution in [1.29, 1.82) is 0 Å². The van der Waals surface area contributed by atoms with Gasteiger partial charge in [-0.15, -0.1) is 10.2 Å². The number of amides is 1. The Morgan fingerprint density at radius 3 is 2.56 bits per heavy atom. The molecule has 45 heavy (non-hydrogen) atoms. The number of methoxy groups -OCH3 is 1. The minimum atomic E-state index is -0.681. The van der Waals surface area contributed by atoms with E-state index < -0.39 is 17.5 Å². The van der Waals surface area contributed by atoms with Gasteiger partial charge in [0.2, 0.25) is 17.7 Å². The first-order valence-corrected chi connectivity index (χ1v) is 14.6. The van der Waals surface area contributed by atoms with E-state index in [-0.39, 0.29) is 29.6 Å². The third kappa shape index (κ3) is 7.35. The fraction of sp³-hybridized carbons (Fsp3) is 0.273. The summed E-state index contributed by atoms with van der Waals surface area (Å²) < 4.78 is 51.3. The van der Waals surface area contributed by atoms with Crippen LogP contribution in [0.25, 0.3) is 22.4 Å². The smallest absolute Gasteiger partial charge is 0.247 e. The summed E-state index contributed by atoms with van der Waals surface area (Å²) >= 11 is 0. The van der Waals surface area contributed by atoms with Crippen molar-refractivity contribution >= 4 is 22.5 Å². The lowest BCUT2D eigenvalue weighted by molar-refractivity contribution is -0.115. The second-order valence-corrected chi connectivity index (χ2v) is 10.6. The number of nitrogens with one attached hydrogen (secondary N) is 1. The highest BCUT2D eigenvalue weighted by atomic mass is 19.1. The molecule has 0 spiro atoms. The first-order valence-electron chi connectivity index (χ1n) is 14.6. The van der Waals surface area contributed by atoms with Crippen LogP contribution in [0.3, 0.4) is 0 Å². The maximum atomic E-state index is 15.1. The van der Waals surface area contributed by atoms with Gasteiger partial charge in [-0.2, -0.15) is 0 Å². The van der Waals surface area contributed by atoms with Gasteiger partial charge in [-0.3, -0.25) is 9.78 Å². The molecule has 3 aromatic carbocycles. The standard InChI is InChI=1S/C33H31F2N5O5/c1-42-29-18-24-26(19-30(29)43-16-4-15-40-13-2-3-14-40)36-12-11-27(24)44-28-10-9-23(17-25(28)35)37-31(41)20-32-38-39-33(45-32)21-5-7-22(34)8-6-21/h5-12,17-19H,2-4,13-16,20H2,1H3,(H,37,41). The SMILES string of the molecule is COc1cc2c(Oc3ccc(NC(=O)Cc4nnc(-c5ccc(F)cc5)o4)cc3F)ccnc2cc1OCCCN1CCCC1. The molecule has 232 valence electrons. The average molecular weight is 616 g/mol. The van der Waals surface area contributed by atoms with Gasteiger partial charge < -0.3 is 28.8 Å². The predicted octanol–water partition coefficient (Wildman–Crippen LogP) is 6.41. The van der Waals surface area contributed by atoms with Crippen molar-refractivity contribution in [2.45, 2.75) is 25.7 Å². The molecule has 0 saturated carbocycles. The number of halogens is 2. The number of aromatic nitrogens is 3. The Kier molecular flexibility index (Phi) is 9.11. The Labute approximate surface area is 257 Å². The van der Waals surface area contributed by atoms with Crippen LogP contribution in [0.4, 0.5) is 14.5 Å². The number of pyridine rings is 1. The molecule has 1 saturated heterocycles. The van der Waals surface area contributed by atoms with Crippen LogP contribution in [0, 0.1) is 11.6 Å². The molecule has 0 bridgehead atoms. The molecule has 0 atom stereocenters. The zero-order valence-electron chi connectivity index (χ0n) is 24.6. The molecule has 12 heteroatoms. The second kappa shape index (κ2) is 13.7. The van der Waals surface area contributed by atoms with Crippen molar-refractivity contribution in [3.8, 4) is 34.5 Å². The first kappa shape index (κ1) is 29.9. The van der Waals surface area contributed by atoms with Crippen LogP contribution in [0.15, 0.2) is 71.3 Å². The van der Waals surface area contributed by atoms with Gasteiger partial charge in [-0.1, -0.05) is 0 Å². The lowest BCUT2D eigenvalue weighted by atomic mass is 10.1. The van der Waals surface area contributed by atoms with Crippen LogP contribution in [0.1, 0.15) is 25.2 Å². The van der Waals surface area contributed by atoms with Crippen molar-refractivity contribution in [3.63, 3.8) is 0 Å². The van der Waals surface area contributed by atoms with Crippen LogP contribution < -0.4 is 19.5 Å². The minimum Gasteiger partial charge on any atom is -0.493 e. The number of benzene rings is 3. The molecule has 1 aliphatic heterocycles. The van der Waals surface area contributed by atoms with Crippen molar-refractivity contribution in [2.24, 2.45) is 0 Å². The zero-order chi connectivity index (χ0) is 31.2. The number of hydrogen-bond donors (Lipinski definition) is 1. The third-order valence-electron chi connectivity index (χ3n) is 7.37. The quantitative estimate of drug-likeness (QED) is 0.159. The summed E-state index contributed by atoms with van der Waals surface area (Å²) in [4.78, 5) is 19.4. The summed E-state index contributed by atoms with van der Waals surface area (Å²) in [7, 11) is 1.56. The van der Waals surface area contributed by atoms with E-state index in [1.165, 1.54) is 49.2 Å². The van der Waals surface area contributed by atoms with E-state index in [0.29, 0.717) is 40.3 Å². The first-order chi connectivity index (χ1) is 21.9. The number of ether oxygens (including phenoxy) is 3. The van der Waals surface area contributed by atoms with Gasteiger partial charge in [-0.05, 0) is 80.9 Å². The largest absolute Gasteiger partial charge is 0.493 e. The molecule has 10 nitrogen and oxygen atoms in total. The van der Waals surface area contributed by atoms with E-state index in [2.05, 4.69) is 25.4 Å². The van der Waals surface area contributed by atoms with Crippen molar-refractivity contribution < 1.29 is 32.2 Å². The van der Waals surface area contributed by atoms with Crippen LogP contribution >= 0.6 is 0 Å². The Morgan fingerprint density at radius 1 is 0.956 bits per heavy atom. The molecular formula is C33H31F2N5O5. The maximum absolute atomic E-state index is 15.1. The van der Waals surface area contributed by atoms with Crippen LogP contribution in [-0.2, 0) is 11.2 Å². The van der Waals surface area contributed by atoms with Gasteiger partial charge in [0.05, 0.1) is 19.2 Å². The molecule has 1 fully saturated rings. The summed E-state index contributed by atoms with van der Waals surface area (Å²) in [6.07, 6.45) is 4.76. The highest BCUT2D eigenvalue weighted by Gasteiger charge is 2.17. The van der Waals surface area contributed by atoms with E-state index in [1.807, 2.05) is 0 Å². The average Bonchev–Trinajstić information content (AvgIpc) is 3.73. The maximum Gasteiger partial charge on any atom is 0.247 e. The molecule has 1 amide bonds. The summed E-state index contributed by atoms with van der Waals surface area (Å²) in [5.41, 5.74) is 1.34. The minimum absolute atomic E-state index is 0.0393. The van der Waals surface area contributed by atoms with Crippen LogP contribution in [-0.4, -0.2) is 59.3 Å². The summed E-state index contributed by atoms with van der Waals surface area (Å²) in [6.45, 7) is 3.84. The second-order valence-electron chi connectivity index (χ2n) is 10.6. The number of fused-ring (bicyclic) bond motifs is 1. The van der Waals surface area contributed by atoms with E-state index in [4.69, 9.17) is 18.6 Å². The number of likely N-dealkylation sites (tertiary alicyclic amines) is 1. The number of anilines is 1. The Bertz CT molecular complexity index is 1790. The van der Waals surface area contributed by atoms with Crippen LogP contribution in [0.2, 0.25) is 0 Å². The molecular weight excluding hydrogens is 584 g/mol. The lowest BCUT2D eigenvalue weighted by Crippen LogP contribution is -2.21. The van der Waals surface area contributed by atoms with Gasteiger partial charge in [0.15, 0.2) is 23.1 Å². The molecule has 1 aliphatic rings. The monoisotopic (exact) mass is 615 g/mol. The summed E-state index contributed by atoms with van der Waals surface area (Å²) in [5.74, 6) is 0.0868. The van der Waals surface area contributed by atoms with Crippen molar-refractivity contribution in [3.05, 3.63) is 84.4 Å².